The van der Waals surface area contributed by atoms with Crippen molar-refractivity contribution >= 4 is 49.1 Å². The average Bonchev–Trinajstić information content (AvgIpc) is 2.42. The highest BCUT2D eigenvalue weighted by Gasteiger charge is 2.07. The second-order valence-corrected chi connectivity index (χ2v) is 6.60. The van der Waals surface area contributed by atoms with Crippen molar-refractivity contribution < 1.29 is 4.79 Å². The molecule has 84 valence electrons. The van der Waals surface area contributed by atoms with Gasteiger partial charge in [-0.2, -0.15) is 0 Å². The van der Waals surface area contributed by atoms with Crippen molar-refractivity contribution in [1.82, 2.24) is 5.32 Å². The van der Waals surface area contributed by atoms with Gasteiger partial charge in [-0.15, -0.1) is 11.3 Å². The molecule has 1 rings (SSSR count). The SMILES string of the molecule is CC(CC(N)=O)NCc1cc(Br)c(Br)s1. The molecule has 0 bridgehead atoms. The minimum atomic E-state index is -0.274. The summed E-state index contributed by atoms with van der Waals surface area (Å²) in [7, 11) is 0. The van der Waals surface area contributed by atoms with Crippen LogP contribution in [0.5, 0.6) is 0 Å². The average molecular weight is 356 g/mol. The van der Waals surface area contributed by atoms with Crippen LogP contribution in [0, 0.1) is 0 Å². The number of carbonyl (C=O) groups is 1. The first-order chi connectivity index (χ1) is 6.99. The lowest BCUT2D eigenvalue weighted by atomic mass is 10.2. The first-order valence-electron chi connectivity index (χ1n) is 4.44. The maximum atomic E-state index is 10.6. The van der Waals surface area contributed by atoms with Crippen LogP contribution < -0.4 is 11.1 Å². The van der Waals surface area contributed by atoms with Gasteiger partial charge in [0, 0.05) is 28.4 Å². The monoisotopic (exact) mass is 354 g/mol. The van der Waals surface area contributed by atoms with Crippen molar-refractivity contribution in [1.29, 1.82) is 0 Å². The second kappa shape index (κ2) is 5.98. The van der Waals surface area contributed by atoms with Crippen LogP contribution in [-0.4, -0.2) is 11.9 Å². The van der Waals surface area contributed by atoms with Gasteiger partial charge in [0.05, 0.1) is 3.79 Å². The first-order valence-corrected chi connectivity index (χ1v) is 6.84. The quantitative estimate of drug-likeness (QED) is 0.852. The first kappa shape index (κ1) is 13.2. The van der Waals surface area contributed by atoms with E-state index < -0.39 is 0 Å². The van der Waals surface area contributed by atoms with Gasteiger partial charge in [0.25, 0.3) is 0 Å². The second-order valence-electron chi connectivity index (χ2n) is 3.29. The molecule has 0 spiro atoms. The highest BCUT2D eigenvalue weighted by molar-refractivity contribution is 9.13. The Morgan fingerprint density at radius 2 is 2.33 bits per heavy atom. The normalized spacial score (nSPS) is 12.7. The fourth-order valence-corrected chi connectivity index (χ4v) is 3.26. The van der Waals surface area contributed by atoms with Crippen molar-refractivity contribution in [2.75, 3.05) is 0 Å². The Morgan fingerprint density at radius 1 is 1.67 bits per heavy atom. The molecule has 3 N–H and O–H groups in total. The number of carbonyl (C=O) groups excluding carboxylic acids is 1. The minimum absolute atomic E-state index is 0.113. The van der Waals surface area contributed by atoms with Crippen LogP contribution in [0.2, 0.25) is 0 Å². The third-order valence-electron chi connectivity index (χ3n) is 1.83. The van der Waals surface area contributed by atoms with Crippen LogP contribution >= 0.6 is 43.2 Å². The molecule has 1 heterocycles. The highest BCUT2D eigenvalue weighted by Crippen LogP contribution is 2.32. The van der Waals surface area contributed by atoms with Crippen LogP contribution in [0.15, 0.2) is 14.3 Å². The molecule has 1 unspecified atom stereocenters. The maximum Gasteiger partial charge on any atom is 0.218 e. The van der Waals surface area contributed by atoms with E-state index in [0.29, 0.717) is 6.42 Å². The molecule has 15 heavy (non-hydrogen) atoms. The zero-order valence-electron chi connectivity index (χ0n) is 8.22. The number of primary amides is 1. The van der Waals surface area contributed by atoms with Gasteiger partial charge < -0.3 is 11.1 Å². The number of halogens is 2. The number of nitrogens with two attached hydrogens (primary N) is 1. The highest BCUT2D eigenvalue weighted by atomic mass is 79.9. The van der Waals surface area contributed by atoms with E-state index >= 15 is 0 Å². The minimum Gasteiger partial charge on any atom is -0.370 e. The molecule has 0 aliphatic rings. The largest absolute Gasteiger partial charge is 0.370 e. The molecule has 0 fully saturated rings. The zero-order valence-corrected chi connectivity index (χ0v) is 12.2. The molecule has 0 aromatic carbocycles. The Morgan fingerprint density at radius 3 is 2.80 bits per heavy atom. The molecule has 1 amide bonds. The van der Waals surface area contributed by atoms with Crippen LogP contribution in [0.1, 0.15) is 18.2 Å². The molecule has 1 atom stereocenters. The summed E-state index contributed by atoms with van der Waals surface area (Å²) in [5.74, 6) is -0.274. The molecule has 1 aromatic rings. The van der Waals surface area contributed by atoms with E-state index in [2.05, 4.69) is 43.2 Å². The number of hydrogen-bond acceptors (Lipinski definition) is 3. The lowest BCUT2D eigenvalue weighted by molar-refractivity contribution is -0.118. The molecule has 0 saturated carbocycles. The topological polar surface area (TPSA) is 55.1 Å². The van der Waals surface area contributed by atoms with Crippen molar-refractivity contribution in [3.05, 3.63) is 19.2 Å². The van der Waals surface area contributed by atoms with Gasteiger partial charge in [0.2, 0.25) is 5.91 Å². The van der Waals surface area contributed by atoms with E-state index in [1.807, 2.05) is 6.92 Å². The fraction of sp³-hybridized carbons (Fsp3) is 0.444. The number of thiophene rings is 1. The molecule has 0 aliphatic carbocycles. The summed E-state index contributed by atoms with van der Waals surface area (Å²) >= 11 is 8.52. The zero-order chi connectivity index (χ0) is 11.4. The summed E-state index contributed by atoms with van der Waals surface area (Å²) in [5, 5.41) is 3.24. The maximum absolute atomic E-state index is 10.6. The van der Waals surface area contributed by atoms with Crippen molar-refractivity contribution in [3.63, 3.8) is 0 Å². The van der Waals surface area contributed by atoms with Crippen LogP contribution in [-0.2, 0) is 11.3 Å². The molecule has 0 saturated heterocycles. The van der Waals surface area contributed by atoms with Gasteiger partial charge >= 0.3 is 0 Å². The van der Waals surface area contributed by atoms with E-state index in [0.717, 1.165) is 14.8 Å². The Bertz CT molecular complexity index is 334. The van der Waals surface area contributed by atoms with E-state index in [1.54, 1.807) is 11.3 Å². The predicted molar refractivity (Wildman–Crippen MR) is 69.8 cm³/mol. The molecular formula is C9H12Br2N2OS. The molecule has 1 aromatic heterocycles. The van der Waals surface area contributed by atoms with Crippen molar-refractivity contribution in [3.8, 4) is 0 Å². The Balaban J connectivity index is 2.40. The molecule has 0 radical (unpaired) electrons. The Labute approximate surface area is 110 Å². The molecule has 6 heteroatoms. The molecule has 3 nitrogen and oxygen atoms in total. The van der Waals surface area contributed by atoms with Crippen molar-refractivity contribution in [2.24, 2.45) is 5.73 Å². The summed E-state index contributed by atoms with van der Waals surface area (Å²) in [6.45, 7) is 2.70. The fourth-order valence-electron chi connectivity index (χ4n) is 1.13. The lowest BCUT2D eigenvalue weighted by Gasteiger charge is -2.10. The number of hydrogen-bond donors (Lipinski definition) is 2. The Hall–Kier alpha value is 0.0900. The molecular weight excluding hydrogens is 344 g/mol. The van der Waals surface area contributed by atoms with Gasteiger partial charge in [0.15, 0.2) is 0 Å². The summed E-state index contributed by atoms with van der Waals surface area (Å²) in [4.78, 5) is 11.9. The summed E-state index contributed by atoms with van der Waals surface area (Å²) < 4.78 is 2.15. The van der Waals surface area contributed by atoms with Crippen LogP contribution in [0.4, 0.5) is 0 Å². The van der Waals surface area contributed by atoms with E-state index in [1.165, 1.54) is 4.88 Å². The predicted octanol–water partition coefficient (Wildman–Crippen LogP) is 2.63. The van der Waals surface area contributed by atoms with E-state index in [4.69, 9.17) is 5.73 Å². The third-order valence-corrected chi connectivity index (χ3v) is 5.08. The standard InChI is InChI=1S/C9H12Br2N2OS/c1-5(2-8(12)14)13-4-6-3-7(10)9(11)15-6/h3,5,13H,2,4H2,1H3,(H2,12,14). The van der Waals surface area contributed by atoms with Gasteiger partial charge in [-0.3, -0.25) is 4.79 Å². The van der Waals surface area contributed by atoms with Crippen molar-refractivity contribution in [2.45, 2.75) is 25.9 Å². The third kappa shape index (κ3) is 4.63. The number of nitrogens with one attached hydrogen (secondary N) is 1. The van der Waals surface area contributed by atoms with Crippen LogP contribution in [0.3, 0.4) is 0 Å². The van der Waals surface area contributed by atoms with Gasteiger partial charge in [-0.25, -0.2) is 0 Å². The summed E-state index contributed by atoms with van der Waals surface area (Å²) in [5.41, 5.74) is 5.10. The Kier molecular flexibility index (Phi) is 5.25. The molecule has 0 aliphatic heterocycles. The summed E-state index contributed by atoms with van der Waals surface area (Å²) in [6, 6.07) is 2.17. The van der Waals surface area contributed by atoms with E-state index in [-0.39, 0.29) is 11.9 Å². The van der Waals surface area contributed by atoms with E-state index in [9.17, 15) is 4.79 Å². The number of amides is 1. The van der Waals surface area contributed by atoms with Gasteiger partial charge in [-0.05, 0) is 44.8 Å². The van der Waals surface area contributed by atoms with Crippen LogP contribution in [0.25, 0.3) is 0 Å². The van der Waals surface area contributed by atoms with Gasteiger partial charge in [0.1, 0.15) is 0 Å². The smallest absolute Gasteiger partial charge is 0.218 e. The lowest BCUT2D eigenvalue weighted by Crippen LogP contribution is -2.30. The number of rotatable bonds is 5. The van der Waals surface area contributed by atoms with Gasteiger partial charge in [-0.1, -0.05) is 0 Å². The summed E-state index contributed by atoms with van der Waals surface area (Å²) in [6.07, 6.45) is 0.369.